The Kier molecular flexibility index (Phi) is 6.17. The molecule has 126 valence electrons. The van der Waals surface area contributed by atoms with Crippen molar-refractivity contribution >= 4 is 24.0 Å². The third kappa shape index (κ3) is 4.70. The summed E-state index contributed by atoms with van der Waals surface area (Å²) in [6.45, 7) is 1.82. The highest BCUT2D eigenvalue weighted by molar-refractivity contribution is 6.03. The monoisotopic (exact) mass is 348 g/mol. The Bertz CT molecular complexity index is 685. The fourth-order valence-electron chi connectivity index (χ4n) is 1.90. The molecule has 0 saturated carbocycles. The summed E-state index contributed by atoms with van der Waals surface area (Å²) in [5, 5.41) is 8.89. The van der Waals surface area contributed by atoms with Crippen LogP contribution in [-0.4, -0.2) is 16.1 Å². The Morgan fingerprint density at radius 1 is 1.30 bits per heavy atom. The zero-order chi connectivity index (χ0) is 16.3. The molecule has 0 bridgehead atoms. The van der Waals surface area contributed by atoms with E-state index in [0.29, 0.717) is 6.42 Å². The first-order chi connectivity index (χ1) is 10.3. The van der Waals surface area contributed by atoms with Crippen molar-refractivity contribution in [1.29, 1.82) is 0 Å². The lowest BCUT2D eigenvalue weighted by Crippen LogP contribution is -2.14. The second kappa shape index (κ2) is 7.47. The average Bonchev–Trinajstić information content (AvgIpc) is 2.95. The highest BCUT2D eigenvalue weighted by Gasteiger charge is 2.31. The van der Waals surface area contributed by atoms with Crippen LogP contribution in [0.3, 0.4) is 0 Å². The molecule has 1 aromatic heterocycles. The Morgan fingerprint density at radius 2 is 2.00 bits per heavy atom. The van der Waals surface area contributed by atoms with Crippen LogP contribution in [0, 0.1) is 0 Å². The minimum absolute atomic E-state index is 0. The first-order valence-corrected chi connectivity index (χ1v) is 6.60. The van der Waals surface area contributed by atoms with Gasteiger partial charge in [0.15, 0.2) is 5.69 Å². The molecule has 0 saturated heterocycles. The number of anilines is 1. The maximum Gasteiger partial charge on any atom is 0.416 e. The molecule has 23 heavy (non-hydrogen) atoms. The number of amides is 1. The van der Waals surface area contributed by atoms with Crippen molar-refractivity contribution in [2.24, 2.45) is 5.73 Å². The van der Waals surface area contributed by atoms with Crippen molar-refractivity contribution in [1.82, 2.24) is 10.2 Å². The van der Waals surface area contributed by atoms with Gasteiger partial charge in [-0.15, -0.1) is 12.4 Å². The fraction of sp³-hybridized carbons (Fsp3) is 0.286. The number of nitrogens with one attached hydrogen (secondary N) is 2. The zero-order valence-electron chi connectivity index (χ0n) is 12.2. The van der Waals surface area contributed by atoms with Gasteiger partial charge in [-0.3, -0.25) is 9.89 Å². The van der Waals surface area contributed by atoms with Gasteiger partial charge in [0.05, 0.1) is 5.56 Å². The minimum atomic E-state index is -4.51. The number of carbonyl (C=O) groups is 1. The number of nitrogens with two attached hydrogens (primary N) is 1. The molecule has 0 aliphatic heterocycles. The van der Waals surface area contributed by atoms with E-state index in [2.05, 4.69) is 15.5 Å². The summed E-state index contributed by atoms with van der Waals surface area (Å²) in [5.74, 6) is -0.585. The van der Waals surface area contributed by atoms with Gasteiger partial charge < -0.3 is 11.1 Å². The van der Waals surface area contributed by atoms with Crippen molar-refractivity contribution in [3.8, 4) is 0 Å². The van der Waals surface area contributed by atoms with Crippen LogP contribution in [0.25, 0.3) is 0 Å². The van der Waals surface area contributed by atoms with Crippen molar-refractivity contribution in [3.05, 3.63) is 46.8 Å². The Hall–Kier alpha value is -2.06. The second-order valence-electron chi connectivity index (χ2n) is 4.71. The first-order valence-electron chi connectivity index (χ1n) is 6.60. The normalized spacial score (nSPS) is 11.0. The van der Waals surface area contributed by atoms with Crippen molar-refractivity contribution in [2.75, 3.05) is 5.32 Å². The van der Waals surface area contributed by atoms with Gasteiger partial charge in [-0.05, 0) is 36.2 Å². The van der Waals surface area contributed by atoms with Gasteiger partial charge in [0.1, 0.15) is 0 Å². The maximum absolute atomic E-state index is 12.8. The van der Waals surface area contributed by atoms with Gasteiger partial charge in [-0.1, -0.05) is 6.92 Å². The predicted octanol–water partition coefficient (Wildman–Crippen LogP) is 3.12. The molecule has 0 aliphatic rings. The lowest BCUT2D eigenvalue weighted by molar-refractivity contribution is -0.137. The average molecular weight is 349 g/mol. The smallest absolute Gasteiger partial charge is 0.326 e. The SMILES string of the molecule is CCc1cc(C(=O)Nc2cc(CN)cc(C(F)(F)F)c2)n[nH]1.Cl. The summed E-state index contributed by atoms with van der Waals surface area (Å²) in [4.78, 5) is 12.0. The third-order valence-corrected chi connectivity index (χ3v) is 3.06. The van der Waals surface area contributed by atoms with E-state index >= 15 is 0 Å². The van der Waals surface area contributed by atoms with E-state index in [9.17, 15) is 18.0 Å². The van der Waals surface area contributed by atoms with E-state index in [1.165, 1.54) is 6.07 Å². The Labute approximate surface area is 136 Å². The summed E-state index contributed by atoms with van der Waals surface area (Å²) in [6.07, 6.45) is -3.84. The third-order valence-electron chi connectivity index (χ3n) is 3.06. The van der Waals surface area contributed by atoms with Crippen LogP contribution in [-0.2, 0) is 19.1 Å². The Balaban J connectivity index is 0.00000264. The molecule has 2 rings (SSSR count). The van der Waals surface area contributed by atoms with Crippen LogP contribution in [0.15, 0.2) is 24.3 Å². The Morgan fingerprint density at radius 3 is 2.52 bits per heavy atom. The van der Waals surface area contributed by atoms with Crippen LogP contribution in [0.2, 0.25) is 0 Å². The number of H-pyrrole nitrogens is 1. The number of hydrogen-bond donors (Lipinski definition) is 3. The number of aryl methyl sites for hydroxylation is 1. The number of nitrogens with zero attached hydrogens (tertiary/aromatic N) is 1. The maximum atomic E-state index is 12.8. The molecular weight excluding hydrogens is 333 g/mol. The molecule has 0 radical (unpaired) electrons. The van der Waals surface area contributed by atoms with Gasteiger partial charge in [-0.25, -0.2) is 0 Å². The zero-order valence-corrected chi connectivity index (χ0v) is 13.0. The van der Waals surface area contributed by atoms with Crippen molar-refractivity contribution in [3.63, 3.8) is 0 Å². The molecule has 0 atom stereocenters. The summed E-state index contributed by atoms with van der Waals surface area (Å²) >= 11 is 0. The molecule has 1 aromatic carbocycles. The van der Waals surface area contributed by atoms with Crippen LogP contribution in [0.1, 0.15) is 34.2 Å². The number of halogens is 4. The minimum Gasteiger partial charge on any atom is -0.326 e. The highest BCUT2D eigenvalue weighted by Crippen LogP contribution is 2.32. The van der Waals surface area contributed by atoms with Gasteiger partial charge in [0, 0.05) is 17.9 Å². The number of aromatic nitrogens is 2. The molecule has 0 aliphatic carbocycles. The molecule has 5 nitrogen and oxygen atoms in total. The molecule has 9 heteroatoms. The van der Waals surface area contributed by atoms with E-state index in [1.54, 1.807) is 6.07 Å². The van der Waals surface area contributed by atoms with Gasteiger partial charge in [0.25, 0.3) is 5.91 Å². The molecule has 0 spiro atoms. The van der Waals surface area contributed by atoms with Crippen LogP contribution >= 0.6 is 12.4 Å². The molecule has 1 heterocycles. The second-order valence-corrected chi connectivity index (χ2v) is 4.71. The number of hydrogen-bond acceptors (Lipinski definition) is 3. The number of rotatable bonds is 4. The molecular formula is C14H16ClF3N4O. The molecule has 1 amide bonds. The molecule has 2 aromatic rings. The molecule has 4 N–H and O–H groups in total. The lowest BCUT2D eigenvalue weighted by atomic mass is 10.1. The largest absolute Gasteiger partial charge is 0.416 e. The van der Waals surface area contributed by atoms with E-state index in [-0.39, 0.29) is 35.9 Å². The number of benzene rings is 1. The van der Waals surface area contributed by atoms with Gasteiger partial charge >= 0.3 is 6.18 Å². The van der Waals surface area contributed by atoms with Crippen molar-refractivity contribution < 1.29 is 18.0 Å². The quantitative estimate of drug-likeness (QED) is 0.793. The summed E-state index contributed by atoms with van der Waals surface area (Å²) < 4.78 is 38.5. The number of aromatic amines is 1. The lowest BCUT2D eigenvalue weighted by Gasteiger charge is -2.12. The van der Waals surface area contributed by atoms with Gasteiger partial charge in [-0.2, -0.15) is 18.3 Å². The molecule has 0 fully saturated rings. The van der Waals surface area contributed by atoms with Crippen LogP contribution < -0.4 is 11.1 Å². The predicted molar refractivity (Wildman–Crippen MR) is 82.5 cm³/mol. The van der Waals surface area contributed by atoms with E-state index < -0.39 is 17.6 Å². The number of carbonyl (C=O) groups excluding carboxylic acids is 1. The van der Waals surface area contributed by atoms with Crippen LogP contribution in [0.4, 0.5) is 18.9 Å². The van der Waals surface area contributed by atoms with E-state index in [1.807, 2.05) is 6.92 Å². The first kappa shape index (κ1) is 19.0. The van der Waals surface area contributed by atoms with Crippen molar-refractivity contribution in [2.45, 2.75) is 26.1 Å². The van der Waals surface area contributed by atoms with E-state index in [4.69, 9.17) is 5.73 Å². The number of alkyl halides is 3. The van der Waals surface area contributed by atoms with Crippen LogP contribution in [0.5, 0.6) is 0 Å². The standard InChI is InChI=1S/C14H15F3N4O.ClH/c1-2-10-6-12(21-20-10)13(22)19-11-4-8(7-18)3-9(5-11)14(15,16)17;/h3-6H,2,7,18H2,1H3,(H,19,22)(H,20,21);1H. The summed E-state index contributed by atoms with van der Waals surface area (Å²) in [7, 11) is 0. The topological polar surface area (TPSA) is 83.8 Å². The van der Waals surface area contributed by atoms with Gasteiger partial charge in [0.2, 0.25) is 0 Å². The van der Waals surface area contributed by atoms with E-state index in [0.717, 1.165) is 17.8 Å². The summed E-state index contributed by atoms with van der Waals surface area (Å²) in [5.41, 5.74) is 5.72. The highest BCUT2D eigenvalue weighted by atomic mass is 35.5. The summed E-state index contributed by atoms with van der Waals surface area (Å²) in [6, 6.07) is 4.77. The molecule has 0 unspecified atom stereocenters. The fourth-order valence-corrected chi connectivity index (χ4v) is 1.90.